The van der Waals surface area contributed by atoms with Gasteiger partial charge in [-0.05, 0) is 51.8 Å². The van der Waals surface area contributed by atoms with Gasteiger partial charge in [-0.3, -0.25) is 4.79 Å². The van der Waals surface area contributed by atoms with Gasteiger partial charge >= 0.3 is 0 Å². The van der Waals surface area contributed by atoms with E-state index in [1.165, 1.54) is 6.08 Å². The molecule has 0 aliphatic heterocycles. The van der Waals surface area contributed by atoms with Crippen LogP contribution in [0.5, 0.6) is 5.75 Å². The van der Waals surface area contributed by atoms with Crippen molar-refractivity contribution in [3.63, 3.8) is 0 Å². The number of nitriles is 1. The molecule has 32 heavy (non-hydrogen) atoms. The van der Waals surface area contributed by atoms with E-state index in [1.807, 2.05) is 57.2 Å². The molecule has 1 unspecified atom stereocenters. The second kappa shape index (κ2) is 9.19. The van der Waals surface area contributed by atoms with Gasteiger partial charge in [-0.1, -0.05) is 43.0 Å². The minimum atomic E-state index is -0.650. The van der Waals surface area contributed by atoms with Crippen LogP contribution in [0.1, 0.15) is 37.4 Å². The Bertz CT molecular complexity index is 1130. The fourth-order valence-corrected chi connectivity index (χ4v) is 3.97. The van der Waals surface area contributed by atoms with Crippen LogP contribution in [0.15, 0.2) is 72.6 Å². The first kappa shape index (κ1) is 23.0. The number of aromatic nitrogens is 2. The van der Waals surface area contributed by atoms with Crippen molar-refractivity contribution in [1.82, 2.24) is 15.3 Å². The van der Waals surface area contributed by atoms with Crippen LogP contribution in [0.25, 0.3) is 0 Å². The van der Waals surface area contributed by atoms with Gasteiger partial charge < -0.3 is 10.1 Å². The van der Waals surface area contributed by atoms with Gasteiger partial charge in [0, 0.05) is 11.1 Å². The predicted octanol–water partition coefficient (Wildman–Crippen LogP) is 4.48. The zero-order chi connectivity index (χ0) is 23.4. The molecule has 6 heteroatoms. The molecule has 1 aromatic heterocycles. The Balaban J connectivity index is 1.84. The van der Waals surface area contributed by atoms with Gasteiger partial charge in [0.2, 0.25) is 5.91 Å². The average Bonchev–Trinajstić information content (AvgIpc) is 3.41. The van der Waals surface area contributed by atoms with Crippen molar-refractivity contribution in [2.45, 2.75) is 39.5 Å². The highest BCUT2D eigenvalue weighted by atomic mass is 16.5. The summed E-state index contributed by atoms with van der Waals surface area (Å²) < 4.78 is 6.16. The standard InChI is InChI=1S/C26H28N4O2/c1-6-21(14-27)13-12-18(2)29-24(31)25(5)16-26(25,22-10-8-7-9-11-22)17-32-23-15-28-20(4)30-19(23)3/h6-13,15H,1,16-17H2,2-5H3,(H,29,31)/b18-12+,21-13+/t25?,26-/m1/s1. The lowest BCUT2D eigenvalue weighted by Crippen LogP contribution is -2.36. The number of benzene rings is 1. The van der Waals surface area contributed by atoms with Crippen LogP contribution in [-0.2, 0) is 10.2 Å². The number of aryl methyl sites for hydroxylation is 2. The summed E-state index contributed by atoms with van der Waals surface area (Å²) in [4.78, 5) is 21.9. The number of hydrogen-bond acceptors (Lipinski definition) is 5. The molecule has 1 fully saturated rings. The second-order valence-electron chi connectivity index (χ2n) is 8.35. The highest BCUT2D eigenvalue weighted by Gasteiger charge is 2.70. The lowest BCUT2D eigenvalue weighted by atomic mass is 9.87. The molecule has 6 nitrogen and oxygen atoms in total. The Morgan fingerprint density at radius 2 is 2.03 bits per heavy atom. The van der Waals surface area contributed by atoms with E-state index in [-0.39, 0.29) is 5.91 Å². The SMILES string of the molecule is C=C/C(C#N)=C\C=C(/C)NC(=O)C1(C)C[C@@]1(COc1cnc(C)nc1C)c1ccccc1. The van der Waals surface area contributed by atoms with Crippen LogP contribution < -0.4 is 10.1 Å². The fourth-order valence-electron chi connectivity index (χ4n) is 3.97. The number of hydrogen-bond donors (Lipinski definition) is 1. The van der Waals surface area contributed by atoms with Gasteiger partial charge in [0.05, 0.1) is 35.6 Å². The summed E-state index contributed by atoms with van der Waals surface area (Å²) in [6.07, 6.45) is 7.15. The smallest absolute Gasteiger partial charge is 0.231 e. The molecule has 0 saturated heterocycles. The Morgan fingerprint density at radius 3 is 2.66 bits per heavy atom. The molecular weight excluding hydrogens is 400 g/mol. The van der Waals surface area contributed by atoms with Gasteiger partial charge in [-0.2, -0.15) is 5.26 Å². The van der Waals surface area contributed by atoms with E-state index in [1.54, 1.807) is 25.3 Å². The summed E-state index contributed by atoms with van der Waals surface area (Å²) in [5.74, 6) is 1.23. The van der Waals surface area contributed by atoms with E-state index in [4.69, 9.17) is 10.00 Å². The molecule has 0 radical (unpaired) electrons. The van der Waals surface area contributed by atoms with Gasteiger partial charge in [-0.25, -0.2) is 9.97 Å². The van der Waals surface area contributed by atoms with Gasteiger partial charge in [0.15, 0.2) is 5.75 Å². The molecule has 1 saturated carbocycles. The van der Waals surface area contributed by atoms with Crippen molar-refractivity contribution in [2.75, 3.05) is 6.61 Å². The number of nitrogens with zero attached hydrogens (tertiary/aromatic N) is 3. The largest absolute Gasteiger partial charge is 0.489 e. The summed E-state index contributed by atoms with van der Waals surface area (Å²) >= 11 is 0. The van der Waals surface area contributed by atoms with E-state index in [0.717, 1.165) is 11.3 Å². The molecule has 164 valence electrons. The molecule has 1 aliphatic rings. The summed E-state index contributed by atoms with van der Waals surface area (Å²) in [5.41, 5.74) is 1.80. The zero-order valence-electron chi connectivity index (χ0n) is 19.0. The Labute approximate surface area is 189 Å². The predicted molar refractivity (Wildman–Crippen MR) is 124 cm³/mol. The van der Waals surface area contributed by atoms with E-state index in [2.05, 4.69) is 21.9 Å². The molecule has 1 amide bonds. The molecule has 2 atom stereocenters. The molecule has 2 aromatic rings. The summed E-state index contributed by atoms with van der Waals surface area (Å²) in [6.45, 7) is 11.4. The molecule has 0 spiro atoms. The van der Waals surface area contributed by atoms with Crippen LogP contribution in [0.2, 0.25) is 0 Å². The van der Waals surface area contributed by atoms with Crippen LogP contribution >= 0.6 is 0 Å². The summed E-state index contributed by atoms with van der Waals surface area (Å²) in [7, 11) is 0. The number of nitrogens with one attached hydrogen (secondary N) is 1. The lowest BCUT2D eigenvalue weighted by Gasteiger charge is -2.24. The number of amides is 1. The quantitative estimate of drug-likeness (QED) is 0.495. The van der Waals surface area contributed by atoms with Gasteiger partial charge in [0.25, 0.3) is 0 Å². The average molecular weight is 429 g/mol. The third-order valence-corrected chi connectivity index (χ3v) is 6.12. The summed E-state index contributed by atoms with van der Waals surface area (Å²) in [5, 5.41) is 12.0. The Morgan fingerprint density at radius 1 is 1.31 bits per heavy atom. The first-order valence-electron chi connectivity index (χ1n) is 10.5. The second-order valence-corrected chi connectivity index (χ2v) is 8.35. The van der Waals surface area contributed by atoms with Crippen LogP contribution in [-0.4, -0.2) is 22.5 Å². The van der Waals surface area contributed by atoms with Crippen LogP contribution in [0.3, 0.4) is 0 Å². The normalized spacial score (nSPS) is 22.6. The van der Waals surface area contributed by atoms with Crippen molar-refractivity contribution in [3.05, 3.63) is 89.7 Å². The highest BCUT2D eigenvalue weighted by Crippen LogP contribution is 2.64. The highest BCUT2D eigenvalue weighted by molar-refractivity contribution is 5.90. The number of rotatable bonds is 8. The van der Waals surface area contributed by atoms with Crippen molar-refractivity contribution in [2.24, 2.45) is 5.41 Å². The van der Waals surface area contributed by atoms with E-state index in [9.17, 15) is 4.79 Å². The first-order chi connectivity index (χ1) is 15.3. The van der Waals surface area contributed by atoms with Crippen LogP contribution in [0, 0.1) is 30.6 Å². The van der Waals surface area contributed by atoms with Gasteiger partial charge in [0.1, 0.15) is 5.82 Å². The van der Waals surface area contributed by atoms with Gasteiger partial charge in [-0.15, -0.1) is 0 Å². The Kier molecular flexibility index (Phi) is 6.59. The molecular formula is C26H28N4O2. The fraction of sp³-hybridized carbons (Fsp3) is 0.308. The minimum absolute atomic E-state index is 0.0823. The molecule has 1 aliphatic carbocycles. The van der Waals surface area contributed by atoms with E-state index < -0.39 is 10.8 Å². The topological polar surface area (TPSA) is 87.9 Å². The van der Waals surface area contributed by atoms with Crippen molar-refractivity contribution < 1.29 is 9.53 Å². The maximum atomic E-state index is 13.3. The maximum absolute atomic E-state index is 13.3. The lowest BCUT2D eigenvalue weighted by molar-refractivity contribution is -0.125. The first-order valence-corrected chi connectivity index (χ1v) is 10.5. The Hall–Kier alpha value is -3.72. The third kappa shape index (κ3) is 4.47. The maximum Gasteiger partial charge on any atom is 0.231 e. The van der Waals surface area contributed by atoms with E-state index in [0.29, 0.717) is 35.9 Å². The molecule has 1 aromatic carbocycles. The van der Waals surface area contributed by atoms with Crippen LogP contribution in [0.4, 0.5) is 0 Å². The van der Waals surface area contributed by atoms with Crippen molar-refractivity contribution in [1.29, 1.82) is 5.26 Å². The molecule has 1 heterocycles. The monoisotopic (exact) mass is 428 g/mol. The molecule has 1 N–H and O–H groups in total. The zero-order valence-corrected chi connectivity index (χ0v) is 19.0. The summed E-state index contributed by atoms with van der Waals surface area (Å²) in [6, 6.07) is 12.0. The number of allylic oxidation sites excluding steroid dienone is 5. The van der Waals surface area contributed by atoms with Crippen molar-refractivity contribution in [3.8, 4) is 11.8 Å². The van der Waals surface area contributed by atoms with Crippen molar-refractivity contribution >= 4 is 5.91 Å². The molecule has 3 rings (SSSR count). The third-order valence-electron chi connectivity index (χ3n) is 6.12. The minimum Gasteiger partial charge on any atom is -0.489 e. The van der Waals surface area contributed by atoms with E-state index >= 15 is 0 Å². The number of carbonyl (C=O) groups excluding carboxylic acids is 1. The molecule has 0 bridgehead atoms. The number of ether oxygens (including phenoxy) is 1. The number of carbonyl (C=O) groups is 1.